The third-order valence-corrected chi connectivity index (χ3v) is 17.0. The third kappa shape index (κ3) is 11.4. The van der Waals surface area contributed by atoms with Gasteiger partial charge in [-0.25, -0.2) is 9.59 Å². The molecule has 0 spiro atoms. The largest absolute Gasteiger partial charge is 0.469 e. The van der Waals surface area contributed by atoms with Crippen molar-refractivity contribution in [2.24, 2.45) is 11.8 Å². The molecule has 7 aromatic carbocycles. The smallest absolute Gasteiger partial charge is 0.326 e. The first-order valence-electron chi connectivity index (χ1n) is 25.8. The van der Waals surface area contributed by atoms with E-state index in [4.69, 9.17) is 79.1 Å². The van der Waals surface area contributed by atoms with E-state index in [1.807, 2.05) is 84.9 Å². The molecule has 4 aliphatic rings. The molecule has 4 heterocycles. The summed E-state index contributed by atoms with van der Waals surface area (Å²) < 4.78 is 10.4. The number of likely N-dealkylation sites (tertiary alicyclic amines) is 2. The number of hydrogen-bond acceptors (Lipinski definition) is 8. The number of rotatable bonds is 12. The predicted octanol–water partition coefficient (Wildman–Crippen LogP) is 15.1. The van der Waals surface area contributed by atoms with Crippen molar-refractivity contribution in [1.29, 1.82) is 0 Å². The standard InChI is InChI=1S/C33H28Cl3N3O3.C29H26Cl3N3O3/c1-42-32(40)26-19-38(17-20-8-3-2-4-9-20)18-25(26)21-14-23(22-10-5-6-11-27(22)34)24-16-37-33(41)39(30(24)15-21)31-28(35)12-7-13-29(31)36;1-3-11-34-15-21(22(16-34)28(36)38-2)17-12-19(18-7-4-5-8-23(18)30)20-14-33-29(37)35(26(20)13-17)27-24(31)9-6-10-25(27)32/h2-15,25-26H,16-19H2,1H3,(H,37,41);3-10,12-13,21-22H,1,11,14-16H2,2H3,(H,33,37)/t25?,26-;21?,22-/m00/s1. The van der Waals surface area contributed by atoms with Gasteiger partial charge in [-0.2, -0.15) is 0 Å². The Bertz CT molecular complexity index is 3510. The Hall–Kier alpha value is -6.58. The summed E-state index contributed by atoms with van der Waals surface area (Å²) in [6.45, 7) is 8.15. The van der Waals surface area contributed by atoms with Crippen molar-refractivity contribution in [2.75, 3.05) is 56.7 Å². The maximum Gasteiger partial charge on any atom is 0.326 e. The van der Waals surface area contributed by atoms with Crippen LogP contribution < -0.4 is 20.4 Å². The quantitative estimate of drug-likeness (QED) is 0.0916. The van der Waals surface area contributed by atoms with Crippen LogP contribution in [-0.2, 0) is 38.7 Å². The van der Waals surface area contributed by atoms with Gasteiger partial charge in [0.05, 0.1) is 68.9 Å². The lowest BCUT2D eigenvalue weighted by molar-refractivity contribution is -0.146. The number of urea groups is 2. The molecule has 18 heteroatoms. The first-order valence-corrected chi connectivity index (χ1v) is 28.1. The molecule has 2 N–H and O–H groups in total. The number of hydrogen-bond donors (Lipinski definition) is 2. The number of halogens is 6. The number of fused-ring (bicyclic) bond motifs is 2. The lowest BCUT2D eigenvalue weighted by Gasteiger charge is -2.34. The average Bonchev–Trinajstić information content (AvgIpc) is 4.22. The van der Waals surface area contributed by atoms with E-state index in [1.54, 1.807) is 36.4 Å². The maximum atomic E-state index is 13.5. The van der Waals surface area contributed by atoms with Crippen molar-refractivity contribution < 1.29 is 28.7 Å². The SMILES string of the molecule is C=CCN1CC(c2cc(-c3ccccc3Cl)c3c(c2)N(c2c(Cl)cccc2Cl)C(=O)NC3)[C@@H](C(=O)OC)C1.COC(=O)[C@H]1CN(Cc2ccccc2)CC1c1cc(-c2ccccc2Cl)c2c(c1)N(c1c(Cl)cccc1Cl)C(=O)NC2. The zero-order valence-electron chi connectivity index (χ0n) is 43.5. The lowest BCUT2D eigenvalue weighted by Crippen LogP contribution is -2.42. The maximum absolute atomic E-state index is 13.5. The Morgan fingerprint density at radius 1 is 0.525 bits per heavy atom. The van der Waals surface area contributed by atoms with Crippen molar-refractivity contribution in [3.8, 4) is 22.3 Å². The summed E-state index contributed by atoms with van der Waals surface area (Å²) in [5, 5.41) is 8.46. The van der Waals surface area contributed by atoms with Crippen molar-refractivity contribution in [3.63, 3.8) is 0 Å². The molecule has 0 bridgehead atoms. The summed E-state index contributed by atoms with van der Waals surface area (Å²) in [5.41, 5.74) is 10.1. The van der Waals surface area contributed by atoms with E-state index in [0.29, 0.717) is 105 Å². The molecule has 2 saturated heterocycles. The normalized spacial score (nSPS) is 18.8. The second-order valence-corrected chi connectivity index (χ2v) is 22.3. The number of amides is 4. The minimum Gasteiger partial charge on any atom is -0.469 e. The summed E-state index contributed by atoms with van der Waals surface area (Å²) >= 11 is 39.8. The first-order chi connectivity index (χ1) is 38.7. The molecule has 2 unspecified atom stereocenters. The van der Waals surface area contributed by atoms with E-state index in [-0.39, 0.29) is 41.8 Å². The van der Waals surface area contributed by atoms with E-state index >= 15 is 0 Å². The number of ether oxygens (including phenoxy) is 2. The summed E-state index contributed by atoms with van der Waals surface area (Å²) in [6, 6.07) is 43.1. The molecule has 0 aliphatic carbocycles. The minimum absolute atomic E-state index is 0.178. The number of methoxy groups -OCH3 is 2. The molecular weight excluding hydrogens is 1140 g/mol. The van der Waals surface area contributed by atoms with Gasteiger partial charge in [0.1, 0.15) is 0 Å². The highest BCUT2D eigenvalue weighted by Gasteiger charge is 2.43. The highest BCUT2D eigenvalue weighted by atomic mass is 35.5. The fourth-order valence-electron chi connectivity index (χ4n) is 11.5. The van der Waals surface area contributed by atoms with Crippen molar-refractivity contribution >= 4 is 116 Å². The third-order valence-electron chi connectivity index (χ3n) is 15.2. The van der Waals surface area contributed by atoms with Crippen molar-refractivity contribution in [3.05, 3.63) is 210 Å². The Morgan fingerprint density at radius 3 is 1.35 bits per heavy atom. The van der Waals surface area contributed by atoms with Crippen LogP contribution in [0.15, 0.2) is 152 Å². The van der Waals surface area contributed by atoms with E-state index < -0.39 is 5.92 Å². The molecule has 0 aromatic heterocycles. The molecule has 7 aromatic rings. The van der Waals surface area contributed by atoms with Crippen LogP contribution >= 0.6 is 69.6 Å². The van der Waals surface area contributed by atoms with Gasteiger partial charge in [0.25, 0.3) is 0 Å². The van der Waals surface area contributed by atoms with Crippen LogP contribution in [0.1, 0.15) is 39.7 Å². The summed E-state index contributed by atoms with van der Waals surface area (Å²) in [5.74, 6) is -1.69. The number of benzene rings is 7. The van der Waals surface area contributed by atoms with Gasteiger partial charge in [0.2, 0.25) is 0 Å². The summed E-state index contributed by atoms with van der Waals surface area (Å²) in [6.07, 6.45) is 1.82. The fraction of sp³-hybridized carbons (Fsp3) is 0.226. The zero-order chi connectivity index (χ0) is 56.4. The molecule has 12 nitrogen and oxygen atoms in total. The first kappa shape index (κ1) is 56.7. The second-order valence-electron chi connectivity index (χ2n) is 19.9. The van der Waals surface area contributed by atoms with Crippen LogP contribution in [0.25, 0.3) is 22.3 Å². The number of nitrogens with one attached hydrogen (secondary N) is 2. The topological polar surface area (TPSA) is 124 Å². The van der Waals surface area contributed by atoms with Crippen LogP contribution in [-0.4, -0.2) is 80.7 Å². The van der Waals surface area contributed by atoms with Gasteiger partial charge in [-0.15, -0.1) is 6.58 Å². The van der Waals surface area contributed by atoms with Gasteiger partial charge < -0.3 is 20.1 Å². The van der Waals surface area contributed by atoms with Gasteiger partial charge in [-0.3, -0.25) is 29.2 Å². The molecule has 4 amide bonds. The van der Waals surface area contributed by atoms with Crippen LogP contribution in [0.2, 0.25) is 30.1 Å². The molecule has 11 rings (SSSR count). The minimum atomic E-state index is -0.398. The molecule has 0 saturated carbocycles. The van der Waals surface area contributed by atoms with Crippen molar-refractivity contribution in [2.45, 2.75) is 31.5 Å². The van der Waals surface area contributed by atoms with Gasteiger partial charge >= 0.3 is 24.0 Å². The molecular formula is C62H54Cl6N6O6. The van der Waals surface area contributed by atoms with E-state index in [2.05, 4.69) is 51.3 Å². The lowest BCUT2D eigenvalue weighted by atomic mass is 9.84. The van der Waals surface area contributed by atoms with Crippen LogP contribution in [0.4, 0.5) is 32.3 Å². The Labute approximate surface area is 494 Å². The number of para-hydroxylation sites is 2. The highest BCUT2D eigenvalue weighted by Crippen LogP contribution is 2.49. The van der Waals surface area contributed by atoms with Gasteiger partial charge in [-0.1, -0.05) is 167 Å². The number of esters is 2. The molecule has 410 valence electrons. The van der Waals surface area contributed by atoms with E-state index in [1.165, 1.54) is 29.6 Å². The number of carbonyl (C=O) groups is 4. The molecule has 2 fully saturated rings. The number of nitrogens with zero attached hydrogens (tertiary/aromatic N) is 4. The molecule has 4 atom stereocenters. The van der Waals surface area contributed by atoms with E-state index in [0.717, 1.165) is 44.5 Å². The summed E-state index contributed by atoms with van der Waals surface area (Å²) in [4.78, 5) is 60.3. The summed E-state index contributed by atoms with van der Waals surface area (Å²) in [7, 11) is 2.83. The average molecular weight is 1190 g/mol. The number of anilines is 4. The molecule has 0 radical (unpaired) electrons. The Balaban J connectivity index is 0.000000181. The van der Waals surface area contributed by atoms with Crippen LogP contribution in [0, 0.1) is 11.8 Å². The second kappa shape index (κ2) is 24.6. The Morgan fingerprint density at radius 2 is 0.925 bits per heavy atom. The van der Waals surface area contributed by atoms with Crippen molar-refractivity contribution in [1.82, 2.24) is 20.4 Å². The molecule has 4 aliphatic heterocycles. The van der Waals surface area contributed by atoms with Gasteiger partial charge in [-0.05, 0) is 76.3 Å². The molecule has 80 heavy (non-hydrogen) atoms. The Kier molecular flexibility index (Phi) is 17.5. The van der Waals surface area contributed by atoms with Gasteiger partial charge in [0, 0.05) is 96.5 Å². The monoisotopic (exact) mass is 1190 g/mol. The van der Waals surface area contributed by atoms with Crippen LogP contribution in [0.5, 0.6) is 0 Å². The zero-order valence-corrected chi connectivity index (χ0v) is 48.1. The van der Waals surface area contributed by atoms with E-state index in [9.17, 15) is 19.2 Å². The van der Waals surface area contributed by atoms with Gasteiger partial charge in [0.15, 0.2) is 0 Å². The number of carbonyl (C=O) groups excluding carboxylic acids is 4. The predicted molar refractivity (Wildman–Crippen MR) is 320 cm³/mol. The fourth-order valence-corrected chi connectivity index (χ4v) is 13.1. The highest BCUT2D eigenvalue weighted by molar-refractivity contribution is 6.41. The van der Waals surface area contributed by atoms with Crippen LogP contribution in [0.3, 0.4) is 0 Å².